The van der Waals surface area contributed by atoms with Crippen LogP contribution in [0.3, 0.4) is 0 Å². The molecule has 11 nitrogen and oxygen atoms in total. The van der Waals surface area contributed by atoms with Crippen LogP contribution in [0.15, 0.2) is 103 Å². The average molecular weight is 1000 g/mol. The molecule has 0 fully saturated rings. The molecule has 74 heavy (non-hydrogen) atoms. The Balaban J connectivity index is 0.892. The highest BCUT2D eigenvalue weighted by Crippen LogP contribution is 2.30. The van der Waals surface area contributed by atoms with Crippen molar-refractivity contribution in [2.75, 3.05) is 13.2 Å². The first-order chi connectivity index (χ1) is 36.4. The molecule has 0 unspecified atom stereocenters. The number of aromatic nitrogens is 5. The predicted molar refractivity (Wildman–Crippen MR) is 299 cm³/mol. The number of hydrogen-bond donors (Lipinski definition) is 0. The number of esters is 2. The minimum atomic E-state index is -0.387. The molecule has 3 heterocycles. The third-order valence-corrected chi connectivity index (χ3v) is 13.9. The predicted octanol–water partition coefficient (Wildman–Crippen LogP) is 16.5. The lowest BCUT2D eigenvalue weighted by molar-refractivity contribution is 0.0464. The van der Waals surface area contributed by atoms with Gasteiger partial charge in [0.05, 0.1) is 46.4 Å². The van der Waals surface area contributed by atoms with Crippen LogP contribution in [0.4, 0.5) is 0 Å². The maximum Gasteiger partial charge on any atom is 0.338 e. The molecule has 4 aromatic carbocycles. The maximum atomic E-state index is 13.1. The summed E-state index contributed by atoms with van der Waals surface area (Å²) in [5.41, 5.74) is 7.62. The molecule has 0 bridgehead atoms. The Morgan fingerprint density at radius 3 is 1.15 bits per heavy atom. The third kappa shape index (κ3) is 16.3. The van der Waals surface area contributed by atoms with Crippen molar-refractivity contribution in [3.63, 3.8) is 0 Å². The second kappa shape index (κ2) is 30.0. The molecule has 3 aromatic heterocycles. The topological polar surface area (TPSA) is 120 Å². The first-order valence-corrected chi connectivity index (χ1v) is 28.1. The number of aryl methyl sites for hydroxylation is 2. The zero-order valence-electron chi connectivity index (χ0n) is 44.9. The van der Waals surface area contributed by atoms with Gasteiger partial charge in [0, 0.05) is 13.1 Å². The number of carbonyl (C=O) groups is 2. The summed E-state index contributed by atoms with van der Waals surface area (Å²) in [4.78, 5) is 41.4. The number of ether oxygens (including phenoxy) is 4. The monoisotopic (exact) mass is 1000 g/mol. The Labute approximate surface area is 440 Å². The van der Waals surface area contributed by atoms with Gasteiger partial charge >= 0.3 is 11.9 Å². The van der Waals surface area contributed by atoms with Gasteiger partial charge in [0.15, 0.2) is 11.6 Å². The summed E-state index contributed by atoms with van der Waals surface area (Å²) in [7, 11) is 0. The van der Waals surface area contributed by atoms with E-state index < -0.39 is 0 Å². The van der Waals surface area contributed by atoms with Crippen LogP contribution >= 0.6 is 0 Å². The molecule has 7 aromatic rings. The molecular formula is C63H81N5O6. The van der Waals surface area contributed by atoms with Gasteiger partial charge in [0.25, 0.3) is 0 Å². The Hall–Kier alpha value is -6.49. The summed E-state index contributed by atoms with van der Waals surface area (Å²) in [5, 5.41) is 0. The van der Waals surface area contributed by atoms with E-state index in [1.807, 2.05) is 78.9 Å². The van der Waals surface area contributed by atoms with Gasteiger partial charge in [-0.25, -0.2) is 24.5 Å². The number of nitrogens with zero attached hydrogens (tertiary/aromatic N) is 5. The van der Waals surface area contributed by atoms with E-state index in [4.69, 9.17) is 33.9 Å². The number of fused-ring (bicyclic) bond motifs is 2. The maximum absolute atomic E-state index is 13.1. The van der Waals surface area contributed by atoms with Gasteiger partial charge in [-0.3, -0.25) is 0 Å². The van der Waals surface area contributed by atoms with E-state index in [2.05, 4.69) is 36.8 Å². The molecule has 0 atom stereocenters. The van der Waals surface area contributed by atoms with Gasteiger partial charge in [-0.2, -0.15) is 0 Å². The largest absolute Gasteiger partial charge is 0.494 e. The highest BCUT2D eigenvalue weighted by atomic mass is 16.5. The molecule has 0 saturated heterocycles. The lowest BCUT2D eigenvalue weighted by atomic mass is 10.1. The van der Waals surface area contributed by atoms with Gasteiger partial charge in [-0.15, -0.1) is 0 Å². The molecule has 7 rings (SSSR count). The van der Waals surface area contributed by atoms with Gasteiger partial charge < -0.3 is 28.1 Å². The van der Waals surface area contributed by atoms with E-state index in [-0.39, 0.29) is 25.2 Å². The second-order valence-corrected chi connectivity index (χ2v) is 19.7. The number of carbonyl (C=O) groups excluding carboxylic acids is 2. The van der Waals surface area contributed by atoms with E-state index in [0.717, 1.165) is 80.6 Å². The number of hydrogen-bond acceptors (Lipinski definition) is 9. The normalized spacial score (nSPS) is 11.4. The SMILES string of the molecule is CCCCCCCCCCCCOc1ccc(C(=O)OCc2ccc3c(c2)nc(-c2cccc(-c4nc5cc(COC(=O)c6ccc(OCCCCCCCCCCCC)cc6)ccc5n4CC)n2)n3CC)cc1. The molecule has 0 aliphatic heterocycles. The Kier molecular flexibility index (Phi) is 22.4. The van der Waals surface area contributed by atoms with Crippen LogP contribution in [0.25, 0.3) is 45.1 Å². The fourth-order valence-corrected chi connectivity index (χ4v) is 9.64. The zero-order valence-corrected chi connectivity index (χ0v) is 44.9. The number of unbranched alkanes of at least 4 members (excludes halogenated alkanes) is 18. The van der Waals surface area contributed by atoms with Crippen LogP contribution in [0, 0.1) is 0 Å². The van der Waals surface area contributed by atoms with Crippen molar-refractivity contribution < 1.29 is 28.5 Å². The third-order valence-electron chi connectivity index (χ3n) is 13.9. The first-order valence-electron chi connectivity index (χ1n) is 28.1. The molecule has 0 aliphatic carbocycles. The molecule has 0 N–H and O–H groups in total. The molecule has 0 amide bonds. The van der Waals surface area contributed by atoms with E-state index in [1.54, 1.807) is 24.3 Å². The van der Waals surface area contributed by atoms with Gasteiger partial charge in [-0.05, 0) is 123 Å². The van der Waals surface area contributed by atoms with E-state index in [0.29, 0.717) is 37.4 Å². The van der Waals surface area contributed by atoms with E-state index in [1.165, 1.54) is 116 Å². The number of imidazole rings is 2. The van der Waals surface area contributed by atoms with Crippen LogP contribution in [0.5, 0.6) is 11.5 Å². The molecule has 0 radical (unpaired) electrons. The van der Waals surface area contributed by atoms with E-state index in [9.17, 15) is 9.59 Å². The molecular weight excluding hydrogens is 923 g/mol. The summed E-state index contributed by atoms with van der Waals surface area (Å²) < 4.78 is 27.7. The molecule has 394 valence electrons. The van der Waals surface area contributed by atoms with Crippen LogP contribution in [-0.4, -0.2) is 49.2 Å². The van der Waals surface area contributed by atoms with Crippen molar-refractivity contribution in [2.45, 2.75) is 182 Å². The summed E-state index contributed by atoms with van der Waals surface area (Å²) in [5.74, 6) is 2.23. The lowest BCUT2D eigenvalue weighted by Gasteiger charge is -2.09. The summed E-state index contributed by atoms with van der Waals surface area (Å²) in [6.07, 6.45) is 25.7. The van der Waals surface area contributed by atoms with Crippen LogP contribution in [0.2, 0.25) is 0 Å². The Morgan fingerprint density at radius 1 is 0.419 bits per heavy atom. The molecule has 0 spiro atoms. The highest BCUT2D eigenvalue weighted by Gasteiger charge is 2.19. The van der Waals surface area contributed by atoms with Crippen molar-refractivity contribution in [3.05, 3.63) is 125 Å². The lowest BCUT2D eigenvalue weighted by Crippen LogP contribution is -2.05. The molecule has 0 saturated carbocycles. The van der Waals surface area contributed by atoms with Crippen molar-refractivity contribution >= 4 is 34.0 Å². The quantitative estimate of drug-likeness (QED) is 0.0287. The fourth-order valence-electron chi connectivity index (χ4n) is 9.64. The summed E-state index contributed by atoms with van der Waals surface area (Å²) >= 11 is 0. The fraction of sp³-hybridized carbons (Fsp3) is 0.476. The van der Waals surface area contributed by atoms with Crippen molar-refractivity contribution in [1.82, 2.24) is 24.1 Å². The van der Waals surface area contributed by atoms with Gasteiger partial charge in [0.2, 0.25) is 0 Å². The van der Waals surface area contributed by atoms with Gasteiger partial charge in [0.1, 0.15) is 36.1 Å². The minimum absolute atomic E-state index is 0.119. The van der Waals surface area contributed by atoms with Crippen molar-refractivity contribution in [1.29, 1.82) is 0 Å². The molecule has 0 aliphatic rings. The summed E-state index contributed by atoms with van der Waals surface area (Å²) in [6, 6.07) is 32.3. The smallest absolute Gasteiger partial charge is 0.338 e. The van der Waals surface area contributed by atoms with Crippen LogP contribution in [-0.2, 0) is 35.8 Å². The van der Waals surface area contributed by atoms with Crippen LogP contribution < -0.4 is 9.47 Å². The summed E-state index contributed by atoms with van der Waals surface area (Å²) in [6.45, 7) is 11.7. The number of pyridine rings is 1. The minimum Gasteiger partial charge on any atom is -0.494 e. The van der Waals surface area contributed by atoms with Crippen molar-refractivity contribution in [3.8, 4) is 34.5 Å². The standard InChI is InChI=1S/C63H81N5O6/c1-5-9-11-13-15-17-19-21-23-25-42-71-52-36-32-50(33-37-52)62(69)73-46-48-30-40-58-56(44-48)65-60(67(58)7-3)54-28-27-29-55(64-54)61-66-57-45-49(31-41-59(57)68(61)8-4)47-74-63(70)51-34-38-53(39-35-51)72-43-26-24-22-20-18-16-14-12-10-6-2/h27-41,44-45H,5-26,42-43,46-47H2,1-4H3. The highest BCUT2D eigenvalue weighted by molar-refractivity contribution is 5.90. The second-order valence-electron chi connectivity index (χ2n) is 19.7. The Bertz CT molecular complexity index is 2610. The van der Waals surface area contributed by atoms with Gasteiger partial charge in [-0.1, -0.05) is 148 Å². The number of benzene rings is 4. The number of rotatable bonds is 34. The Morgan fingerprint density at radius 2 is 0.784 bits per heavy atom. The average Bonchev–Trinajstić information content (AvgIpc) is 4.00. The van der Waals surface area contributed by atoms with Crippen LogP contribution in [0.1, 0.15) is 188 Å². The first kappa shape index (κ1) is 55.3. The zero-order chi connectivity index (χ0) is 51.7. The molecule has 11 heteroatoms. The van der Waals surface area contributed by atoms with Crippen molar-refractivity contribution in [2.24, 2.45) is 0 Å². The van der Waals surface area contributed by atoms with E-state index >= 15 is 0 Å².